The van der Waals surface area contributed by atoms with E-state index in [0.717, 1.165) is 21.8 Å². The van der Waals surface area contributed by atoms with Crippen molar-refractivity contribution in [3.8, 4) is 0 Å². The second-order valence-electron chi connectivity index (χ2n) is 11.0. The molecule has 1 aromatic heterocycles. The molecule has 5 rings (SSSR count). The number of aliphatic hydroxyl groups is 1. The van der Waals surface area contributed by atoms with E-state index < -0.39 is 6.29 Å². The SMILES string of the molecule is Cn1ccnc1SCC1CC(c2ccc(CO)cc2)OC(c2cccc(NC(=O)CCCCC(=O)Nc3ccccc3N)c2)O1. The normalized spacial score (nSPS) is 18.0. The van der Waals surface area contributed by atoms with Crippen LogP contribution in [-0.4, -0.2) is 38.3 Å². The largest absolute Gasteiger partial charge is 0.397 e. The molecule has 10 nitrogen and oxygen atoms in total. The van der Waals surface area contributed by atoms with Crippen LogP contribution >= 0.6 is 11.8 Å². The zero-order valence-corrected chi connectivity index (χ0v) is 26.0. The minimum atomic E-state index is -0.637. The second kappa shape index (κ2) is 15.7. The monoisotopic (exact) mass is 629 g/mol. The third-order valence-corrected chi connectivity index (χ3v) is 8.72. The van der Waals surface area contributed by atoms with Crippen molar-refractivity contribution in [2.45, 2.75) is 62.4 Å². The molecule has 3 aromatic carbocycles. The molecule has 1 fully saturated rings. The first-order chi connectivity index (χ1) is 21.9. The minimum absolute atomic E-state index is 0.0157. The van der Waals surface area contributed by atoms with Crippen molar-refractivity contribution in [3.63, 3.8) is 0 Å². The maximum Gasteiger partial charge on any atom is 0.224 e. The van der Waals surface area contributed by atoms with Crippen molar-refractivity contribution < 1.29 is 24.2 Å². The number of aromatic nitrogens is 2. The number of imidazole rings is 1. The Morgan fingerprint density at radius 2 is 1.73 bits per heavy atom. The Labute approximate surface area is 267 Å². The Morgan fingerprint density at radius 1 is 0.978 bits per heavy atom. The van der Waals surface area contributed by atoms with Crippen LogP contribution in [0, 0.1) is 0 Å². The molecule has 0 aliphatic carbocycles. The first-order valence-corrected chi connectivity index (χ1v) is 16.0. The average Bonchev–Trinajstić information content (AvgIpc) is 3.47. The van der Waals surface area contributed by atoms with Crippen molar-refractivity contribution in [1.82, 2.24) is 9.55 Å². The number of anilines is 3. The number of carbonyl (C=O) groups excluding carboxylic acids is 2. The molecule has 236 valence electrons. The topological polar surface area (TPSA) is 141 Å². The molecule has 0 spiro atoms. The zero-order valence-electron chi connectivity index (χ0n) is 25.2. The molecule has 0 bridgehead atoms. The van der Waals surface area contributed by atoms with Gasteiger partial charge in [-0.2, -0.15) is 0 Å². The van der Waals surface area contributed by atoms with E-state index in [1.54, 1.807) is 30.1 Å². The molecule has 11 heteroatoms. The van der Waals surface area contributed by atoms with Crippen molar-refractivity contribution in [3.05, 3.63) is 102 Å². The van der Waals surface area contributed by atoms with E-state index >= 15 is 0 Å². The summed E-state index contributed by atoms with van der Waals surface area (Å²) in [7, 11) is 1.97. The lowest BCUT2D eigenvalue weighted by atomic mass is 10.0. The number of carbonyl (C=O) groups is 2. The number of nitrogens with zero attached hydrogens (tertiary/aromatic N) is 2. The first kappa shape index (κ1) is 32.2. The van der Waals surface area contributed by atoms with Crippen molar-refractivity contribution in [2.24, 2.45) is 7.05 Å². The van der Waals surface area contributed by atoms with Crippen LogP contribution in [0.4, 0.5) is 17.1 Å². The van der Waals surface area contributed by atoms with Gasteiger partial charge in [0.05, 0.1) is 30.2 Å². The van der Waals surface area contributed by atoms with Gasteiger partial charge in [-0.25, -0.2) is 4.98 Å². The van der Waals surface area contributed by atoms with Crippen LogP contribution in [0.2, 0.25) is 0 Å². The molecule has 3 unspecified atom stereocenters. The van der Waals surface area contributed by atoms with Crippen molar-refractivity contribution in [1.29, 1.82) is 0 Å². The molecule has 1 aliphatic rings. The summed E-state index contributed by atoms with van der Waals surface area (Å²) < 4.78 is 14.9. The van der Waals surface area contributed by atoms with E-state index in [9.17, 15) is 14.7 Å². The predicted octanol–water partition coefficient (Wildman–Crippen LogP) is 5.97. The molecule has 2 amide bonds. The van der Waals surface area contributed by atoms with Gasteiger partial charge in [0.2, 0.25) is 11.8 Å². The average molecular weight is 630 g/mol. The summed E-state index contributed by atoms with van der Waals surface area (Å²) >= 11 is 1.63. The van der Waals surface area contributed by atoms with Crippen LogP contribution in [0.5, 0.6) is 0 Å². The second-order valence-corrected chi connectivity index (χ2v) is 12.0. The van der Waals surface area contributed by atoms with Crippen LogP contribution in [0.15, 0.2) is 90.3 Å². The molecule has 0 radical (unpaired) electrons. The van der Waals surface area contributed by atoms with Gasteiger partial charge in [0.1, 0.15) is 0 Å². The van der Waals surface area contributed by atoms with Gasteiger partial charge in [0.25, 0.3) is 0 Å². The van der Waals surface area contributed by atoms with E-state index in [1.165, 1.54) is 0 Å². The Bertz CT molecular complexity index is 1580. The smallest absolute Gasteiger partial charge is 0.224 e. The van der Waals surface area contributed by atoms with Gasteiger partial charge in [-0.05, 0) is 48.2 Å². The highest BCUT2D eigenvalue weighted by atomic mass is 32.2. The van der Waals surface area contributed by atoms with Gasteiger partial charge < -0.3 is 35.5 Å². The highest BCUT2D eigenvalue weighted by molar-refractivity contribution is 7.99. The van der Waals surface area contributed by atoms with Crippen LogP contribution in [0.25, 0.3) is 0 Å². The lowest BCUT2D eigenvalue weighted by Crippen LogP contribution is -2.31. The highest BCUT2D eigenvalue weighted by Gasteiger charge is 2.32. The number of nitrogens with two attached hydrogens (primary N) is 1. The summed E-state index contributed by atoms with van der Waals surface area (Å²) in [6.07, 6.45) is 5.15. The Balaban J connectivity index is 1.17. The van der Waals surface area contributed by atoms with Gasteiger partial charge in [0.15, 0.2) is 11.4 Å². The summed E-state index contributed by atoms with van der Waals surface area (Å²) in [5.41, 5.74) is 10.3. The number of hydrogen-bond acceptors (Lipinski definition) is 8. The van der Waals surface area contributed by atoms with Crippen LogP contribution in [-0.2, 0) is 32.7 Å². The summed E-state index contributed by atoms with van der Waals surface area (Å²) in [6, 6.07) is 22.4. The molecule has 2 heterocycles. The van der Waals surface area contributed by atoms with Crippen LogP contribution in [0.3, 0.4) is 0 Å². The van der Waals surface area contributed by atoms with Crippen molar-refractivity contribution in [2.75, 3.05) is 22.1 Å². The summed E-state index contributed by atoms with van der Waals surface area (Å²) in [5, 5.41) is 16.2. The fraction of sp³-hybridized carbons (Fsp3) is 0.324. The van der Waals surface area contributed by atoms with Crippen molar-refractivity contribution >= 4 is 40.6 Å². The molecule has 45 heavy (non-hydrogen) atoms. The van der Waals surface area contributed by atoms with Gasteiger partial charge in [-0.1, -0.05) is 60.3 Å². The Hall–Kier alpha value is -4.16. The lowest BCUT2D eigenvalue weighted by Gasteiger charge is -2.36. The number of benzene rings is 3. The Kier molecular flexibility index (Phi) is 11.3. The zero-order chi connectivity index (χ0) is 31.6. The fourth-order valence-electron chi connectivity index (χ4n) is 5.06. The van der Waals surface area contributed by atoms with Gasteiger partial charge in [0, 0.05) is 55.7 Å². The van der Waals surface area contributed by atoms with E-state index in [4.69, 9.17) is 15.2 Å². The minimum Gasteiger partial charge on any atom is -0.397 e. The van der Waals surface area contributed by atoms with E-state index in [2.05, 4.69) is 15.6 Å². The number of thioether (sulfide) groups is 1. The lowest BCUT2D eigenvalue weighted by molar-refractivity contribution is -0.245. The molecule has 3 atom stereocenters. The molecule has 1 saturated heterocycles. The molecule has 0 saturated carbocycles. The number of ether oxygens (including phenoxy) is 2. The maximum absolute atomic E-state index is 12.7. The number of aryl methyl sites for hydroxylation is 1. The summed E-state index contributed by atoms with van der Waals surface area (Å²) in [4.78, 5) is 29.4. The quantitative estimate of drug-likeness (QED) is 0.0806. The number of nitrogens with one attached hydrogen (secondary N) is 2. The number of amides is 2. The number of rotatable bonds is 13. The summed E-state index contributed by atoms with van der Waals surface area (Å²) in [5.74, 6) is 0.438. The standard InChI is InChI=1S/C34H39N5O5S/c1-39-18-17-36-34(39)45-22-27-20-30(24-15-13-23(21-40)14-16-24)44-33(43-27)25-7-6-8-26(19-25)37-31(41)11-4-5-12-32(42)38-29-10-3-2-9-28(29)35/h2-3,6-10,13-19,27,30,33,40H,4-5,11-12,20-22,35H2,1H3,(H,37,41)(H,38,42). The summed E-state index contributed by atoms with van der Waals surface area (Å²) in [6.45, 7) is -0.0157. The van der Waals surface area contributed by atoms with Gasteiger partial charge in [-0.15, -0.1) is 0 Å². The predicted molar refractivity (Wildman–Crippen MR) is 175 cm³/mol. The fourth-order valence-corrected chi connectivity index (χ4v) is 6.01. The number of hydrogen-bond donors (Lipinski definition) is 4. The molecular weight excluding hydrogens is 590 g/mol. The van der Waals surface area contributed by atoms with Crippen LogP contribution in [0.1, 0.15) is 61.2 Å². The van der Waals surface area contributed by atoms with E-state index in [-0.39, 0.29) is 30.6 Å². The number of aliphatic hydroxyl groups excluding tert-OH is 1. The van der Waals surface area contributed by atoms with Crippen LogP contribution < -0.4 is 16.4 Å². The first-order valence-electron chi connectivity index (χ1n) is 15.0. The molecule has 1 aliphatic heterocycles. The Morgan fingerprint density at radius 3 is 2.44 bits per heavy atom. The number of unbranched alkanes of at least 4 members (excludes halogenated alkanes) is 1. The van der Waals surface area contributed by atoms with Gasteiger partial charge >= 0.3 is 0 Å². The van der Waals surface area contributed by atoms with E-state index in [0.29, 0.717) is 54.9 Å². The third-order valence-electron chi connectivity index (χ3n) is 7.53. The number of para-hydroxylation sites is 2. The highest BCUT2D eigenvalue weighted by Crippen LogP contribution is 2.39. The van der Waals surface area contributed by atoms with E-state index in [1.807, 2.05) is 78.5 Å². The third kappa shape index (κ3) is 9.18. The molecule has 4 aromatic rings. The molecule has 5 N–H and O–H groups in total. The van der Waals surface area contributed by atoms with Gasteiger partial charge in [-0.3, -0.25) is 9.59 Å². The maximum atomic E-state index is 12.7. The molecular formula is C34H39N5O5S. The number of nitrogen functional groups attached to an aromatic ring is 1.